The van der Waals surface area contributed by atoms with Gasteiger partial charge in [0.25, 0.3) is 0 Å². The van der Waals surface area contributed by atoms with Gasteiger partial charge in [0.15, 0.2) is 0 Å². The van der Waals surface area contributed by atoms with Crippen molar-refractivity contribution in [2.75, 3.05) is 40.9 Å². The Morgan fingerprint density at radius 1 is 0.376 bits per heavy atom. The van der Waals surface area contributed by atoms with Gasteiger partial charge in [0.2, 0.25) is 5.91 Å². The first-order valence-corrected chi connectivity index (χ1v) is 41.9. The zero-order valence-corrected chi connectivity index (χ0v) is 63.4. The number of allylic oxidation sites excluding steroid dienone is 14. The number of nitrogens with zero attached hydrogens (tertiary/aromatic N) is 1. The van der Waals surface area contributed by atoms with Gasteiger partial charge in [-0.1, -0.05) is 401 Å². The molecule has 0 saturated carbocycles. The van der Waals surface area contributed by atoms with Crippen molar-refractivity contribution < 1.29 is 32.9 Å². The van der Waals surface area contributed by atoms with Crippen molar-refractivity contribution in [2.24, 2.45) is 0 Å². The van der Waals surface area contributed by atoms with Gasteiger partial charge in [-0.2, -0.15) is 0 Å². The van der Waals surface area contributed by atoms with E-state index in [9.17, 15) is 19.4 Å². The van der Waals surface area contributed by atoms with Gasteiger partial charge in [-0.25, -0.2) is 4.57 Å². The fraction of sp³-hybridized carbons (Fsp3) is 0.821. The van der Waals surface area contributed by atoms with Crippen LogP contribution in [0.4, 0.5) is 0 Å². The van der Waals surface area contributed by atoms with E-state index in [0.29, 0.717) is 23.9 Å². The summed E-state index contributed by atoms with van der Waals surface area (Å²) in [4.78, 5) is 23.5. The number of carbonyl (C=O) groups is 1. The maximum atomic E-state index is 13.1. The summed E-state index contributed by atoms with van der Waals surface area (Å²) in [5.74, 6) is -0.138. The molecule has 3 N–H and O–H groups in total. The van der Waals surface area contributed by atoms with Crippen LogP contribution in [-0.4, -0.2) is 73.4 Å². The molecule has 0 aromatic rings. The molecule has 3 atom stereocenters. The number of hydrogen-bond acceptors (Lipinski definition) is 5. The summed E-state index contributed by atoms with van der Waals surface area (Å²) in [5, 5.41) is 14.2. The van der Waals surface area contributed by atoms with E-state index < -0.39 is 20.0 Å². The number of carbonyl (C=O) groups excluding carboxylic acids is 1. The first kappa shape index (κ1) is 90.7. The zero-order valence-electron chi connectivity index (χ0n) is 62.5. The van der Waals surface area contributed by atoms with Crippen LogP contribution >= 0.6 is 7.82 Å². The number of phosphoric acid groups is 1. The molecule has 0 aliphatic rings. The van der Waals surface area contributed by atoms with Crippen LogP contribution in [-0.2, 0) is 18.4 Å². The zero-order chi connectivity index (χ0) is 67.6. The minimum atomic E-state index is -4.34. The molecule has 3 unspecified atom stereocenters. The third-order valence-corrected chi connectivity index (χ3v) is 19.4. The first-order valence-electron chi connectivity index (χ1n) is 40.5. The van der Waals surface area contributed by atoms with E-state index in [1.807, 2.05) is 21.1 Å². The number of aliphatic hydroxyl groups excluding tert-OH is 1. The molecular weight excluding hydrogens is 1160 g/mol. The second-order valence-electron chi connectivity index (χ2n) is 28.8. The number of quaternary nitrogens is 1. The van der Waals surface area contributed by atoms with Crippen LogP contribution in [0.15, 0.2) is 85.1 Å². The molecule has 0 radical (unpaired) electrons. The molecule has 1 amide bonds. The monoisotopic (exact) mass is 1320 g/mol. The van der Waals surface area contributed by atoms with E-state index in [1.165, 1.54) is 283 Å². The lowest BCUT2D eigenvalue weighted by atomic mass is 10.0. The summed E-state index contributed by atoms with van der Waals surface area (Å²) in [6, 6.07) is -0.765. The Bertz CT molecular complexity index is 1800. The third kappa shape index (κ3) is 76.9. The Morgan fingerprint density at radius 3 is 0.946 bits per heavy atom. The summed E-state index contributed by atoms with van der Waals surface area (Å²) < 4.78 is 24.0. The fourth-order valence-corrected chi connectivity index (χ4v) is 12.9. The summed E-state index contributed by atoms with van der Waals surface area (Å²) in [5.41, 5.74) is 0. The number of rotatable bonds is 75. The Morgan fingerprint density at radius 2 is 0.645 bits per heavy atom. The molecule has 93 heavy (non-hydrogen) atoms. The van der Waals surface area contributed by atoms with E-state index in [0.717, 1.165) is 83.5 Å². The predicted octanol–water partition coefficient (Wildman–Crippen LogP) is 26.6. The van der Waals surface area contributed by atoms with Crippen LogP contribution in [0, 0.1) is 0 Å². The van der Waals surface area contributed by atoms with Gasteiger partial charge in [-0.05, 0) is 70.6 Å². The second-order valence-corrected chi connectivity index (χ2v) is 30.2. The number of hydrogen-bond donors (Lipinski definition) is 3. The van der Waals surface area contributed by atoms with Crippen LogP contribution in [0.2, 0.25) is 0 Å². The molecule has 0 aromatic heterocycles. The lowest BCUT2D eigenvalue weighted by Crippen LogP contribution is -2.46. The summed E-state index contributed by atoms with van der Waals surface area (Å²) in [6.45, 7) is 4.83. The quantitative estimate of drug-likeness (QED) is 0.0243. The fourth-order valence-electron chi connectivity index (χ4n) is 12.2. The molecule has 0 rings (SSSR count). The number of unbranched alkanes of at least 4 members (excludes halogenated alkanes) is 48. The number of aliphatic hydroxyl groups is 1. The molecule has 9 heteroatoms. The van der Waals surface area contributed by atoms with Crippen molar-refractivity contribution in [3.05, 3.63) is 85.1 Å². The number of amides is 1. The van der Waals surface area contributed by atoms with Crippen molar-refractivity contribution in [1.82, 2.24) is 5.32 Å². The molecule has 0 saturated heterocycles. The average molecular weight is 1320 g/mol. The lowest BCUT2D eigenvalue weighted by Gasteiger charge is -2.26. The lowest BCUT2D eigenvalue weighted by molar-refractivity contribution is -0.870. The highest BCUT2D eigenvalue weighted by atomic mass is 31.2. The Kier molecular flexibility index (Phi) is 72.1. The maximum absolute atomic E-state index is 13.1. The molecule has 8 nitrogen and oxygen atoms in total. The second kappa shape index (κ2) is 73.9. The van der Waals surface area contributed by atoms with Crippen LogP contribution in [0.25, 0.3) is 0 Å². The van der Waals surface area contributed by atoms with Gasteiger partial charge in [0.1, 0.15) is 13.2 Å². The predicted molar refractivity (Wildman–Crippen MR) is 410 cm³/mol. The van der Waals surface area contributed by atoms with Gasteiger partial charge in [0, 0.05) is 6.42 Å². The summed E-state index contributed by atoms with van der Waals surface area (Å²) in [6.07, 6.45) is 106. The van der Waals surface area contributed by atoms with Gasteiger partial charge in [-0.3, -0.25) is 13.8 Å². The number of nitrogens with one attached hydrogen (secondary N) is 1. The summed E-state index contributed by atoms with van der Waals surface area (Å²) in [7, 11) is 1.63. The molecule has 0 spiro atoms. The molecular formula is C84H158N2O6P+. The van der Waals surface area contributed by atoms with Gasteiger partial charge >= 0.3 is 7.82 Å². The SMILES string of the molecule is CC/C=C\C/C=C\C/C=C\C/C=C\C/C=C\C/C=C\C/C=C\CCCCCCCCCCCCCCCCCCCCCC(=O)NC(COP(=O)(O)OCC[N+](C)(C)C)C(O)CCCCCCCCCCCCCCCCCCCCCCCCCCCCCCCC. The summed E-state index contributed by atoms with van der Waals surface area (Å²) >= 11 is 0. The highest BCUT2D eigenvalue weighted by molar-refractivity contribution is 7.47. The van der Waals surface area contributed by atoms with Crippen LogP contribution < -0.4 is 5.32 Å². The van der Waals surface area contributed by atoms with Crippen molar-refractivity contribution in [3.63, 3.8) is 0 Å². The van der Waals surface area contributed by atoms with E-state index in [1.54, 1.807) is 0 Å². The largest absolute Gasteiger partial charge is 0.472 e. The Hall–Kier alpha value is -2.32. The van der Waals surface area contributed by atoms with Gasteiger partial charge in [-0.15, -0.1) is 0 Å². The van der Waals surface area contributed by atoms with Crippen molar-refractivity contribution in [2.45, 2.75) is 405 Å². The molecule has 0 aliphatic heterocycles. The van der Waals surface area contributed by atoms with Crippen LogP contribution in [0.3, 0.4) is 0 Å². The average Bonchev–Trinajstić information content (AvgIpc) is 2.75. The van der Waals surface area contributed by atoms with Crippen LogP contribution in [0.1, 0.15) is 393 Å². The van der Waals surface area contributed by atoms with E-state index >= 15 is 0 Å². The topological polar surface area (TPSA) is 105 Å². The smallest absolute Gasteiger partial charge is 0.391 e. The van der Waals surface area contributed by atoms with Gasteiger partial charge in [0.05, 0.1) is 39.9 Å². The molecule has 0 aliphatic carbocycles. The highest BCUT2D eigenvalue weighted by Gasteiger charge is 2.28. The van der Waals surface area contributed by atoms with Crippen molar-refractivity contribution in [1.29, 1.82) is 0 Å². The normalized spacial score (nSPS) is 13.9. The van der Waals surface area contributed by atoms with E-state index in [4.69, 9.17) is 9.05 Å². The minimum Gasteiger partial charge on any atom is -0.391 e. The highest BCUT2D eigenvalue weighted by Crippen LogP contribution is 2.43. The van der Waals surface area contributed by atoms with E-state index in [2.05, 4.69) is 104 Å². The van der Waals surface area contributed by atoms with Crippen LogP contribution in [0.5, 0.6) is 0 Å². The Balaban J connectivity index is 3.93. The molecule has 544 valence electrons. The number of phosphoric ester groups is 1. The molecule has 0 aromatic carbocycles. The minimum absolute atomic E-state index is 0.0749. The molecule has 0 bridgehead atoms. The third-order valence-electron chi connectivity index (χ3n) is 18.4. The molecule has 0 fully saturated rings. The number of likely N-dealkylation sites (N-methyl/N-ethyl adjacent to an activating group) is 1. The standard InChI is InChI=1S/C84H157N2O6P/c1-6-8-10-12-14-16-18-20-22-24-26-28-30-32-34-36-38-39-40-41-42-43-44-45-46-47-48-50-52-54-56-58-60-62-64-66-68-70-72-74-76-78-84(88)85-82(81-92-93(89,90)91-80-79-86(3,4)5)83(87)77-75-73-71-69-67-65-63-61-59-57-55-53-51-49-37-35-33-31-29-27-25-23-21-19-17-15-13-11-9-7-2/h8,10,14,16,20,22,26,28,32,34,38-39,41-42,82-83,87H,6-7,9,11-13,15,17-19,21,23-25,27,29-31,33,35-37,40,43-81H2,1-5H3,(H-,85,88,89,90)/p+1/b10-8-,16-14-,22-20-,28-26-,34-32-,39-38-,42-41-. The van der Waals surface area contributed by atoms with Crippen molar-refractivity contribution >= 4 is 13.7 Å². The van der Waals surface area contributed by atoms with Crippen molar-refractivity contribution in [3.8, 4) is 0 Å². The first-order chi connectivity index (χ1) is 45.5. The van der Waals surface area contributed by atoms with Gasteiger partial charge < -0.3 is 19.8 Å². The Labute approximate surface area is 579 Å². The molecule has 0 heterocycles. The van der Waals surface area contributed by atoms with E-state index in [-0.39, 0.29) is 19.1 Å². The maximum Gasteiger partial charge on any atom is 0.472 e.